The molecule has 0 saturated carbocycles. The minimum absolute atomic E-state index is 0.0732. The van der Waals surface area contributed by atoms with Crippen LogP contribution in [0.4, 0.5) is 0 Å². The van der Waals surface area contributed by atoms with Gasteiger partial charge in [0, 0.05) is 9.79 Å². The van der Waals surface area contributed by atoms with E-state index in [9.17, 15) is 19.8 Å². The lowest BCUT2D eigenvalue weighted by Crippen LogP contribution is -2.00. The SMILES string of the molecule is COc1ccc(SSc2ccc(OC)c(C(=O)O)c2)cc1C(=O)O. The highest BCUT2D eigenvalue weighted by molar-refractivity contribution is 8.76. The van der Waals surface area contributed by atoms with Gasteiger partial charge >= 0.3 is 11.9 Å². The van der Waals surface area contributed by atoms with Crippen molar-refractivity contribution in [2.24, 2.45) is 0 Å². The van der Waals surface area contributed by atoms with E-state index < -0.39 is 11.9 Å². The summed E-state index contributed by atoms with van der Waals surface area (Å²) < 4.78 is 10.0. The monoisotopic (exact) mass is 366 g/mol. The Bertz CT molecular complexity index is 710. The van der Waals surface area contributed by atoms with E-state index in [1.165, 1.54) is 47.9 Å². The molecule has 0 atom stereocenters. The Morgan fingerprint density at radius 2 is 1.17 bits per heavy atom. The number of carboxylic acids is 2. The van der Waals surface area contributed by atoms with Gasteiger partial charge in [-0.2, -0.15) is 0 Å². The Labute approximate surface area is 146 Å². The number of carboxylic acid groups (broad SMARTS) is 2. The van der Waals surface area contributed by atoms with Crippen molar-refractivity contribution in [3.8, 4) is 11.5 Å². The normalized spacial score (nSPS) is 10.2. The van der Waals surface area contributed by atoms with Crippen LogP contribution >= 0.6 is 21.6 Å². The standard InChI is InChI=1S/C16H14O6S2/c1-21-13-5-3-9(7-11(13)15(17)18)23-24-10-4-6-14(22-2)12(8-10)16(19)20/h3-8H,1-2H3,(H,17,18)(H,19,20). The fourth-order valence-corrected chi connectivity index (χ4v) is 3.88. The lowest BCUT2D eigenvalue weighted by molar-refractivity contribution is 0.0682. The van der Waals surface area contributed by atoms with Gasteiger partial charge in [0.15, 0.2) is 0 Å². The molecule has 2 N–H and O–H groups in total. The first-order valence-electron chi connectivity index (χ1n) is 6.63. The summed E-state index contributed by atoms with van der Waals surface area (Å²) in [4.78, 5) is 23.9. The van der Waals surface area contributed by atoms with Gasteiger partial charge in [-0.05, 0) is 36.4 Å². The van der Waals surface area contributed by atoms with Crippen molar-refractivity contribution in [1.82, 2.24) is 0 Å². The second-order valence-corrected chi connectivity index (χ2v) is 6.78. The Hall–Kier alpha value is -2.32. The average Bonchev–Trinajstić information content (AvgIpc) is 2.59. The van der Waals surface area contributed by atoms with Crippen molar-refractivity contribution in [3.05, 3.63) is 47.5 Å². The molecular formula is C16H14O6S2. The molecule has 24 heavy (non-hydrogen) atoms. The summed E-state index contributed by atoms with van der Waals surface area (Å²) in [5, 5.41) is 18.4. The average molecular weight is 366 g/mol. The van der Waals surface area contributed by atoms with Crippen LogP contribution in [0.3, 0.4) is 0 Å². The molecule has 126 valence electrons. The third-order valence-corrected chi connectivity index (χ3v) is 5.42. The van der Waals surface area contributed by atoms with E-state index >= 15 is 0 Å². The van der Waals surface area contributed by atoms with Crippen molar-refractivity contribution in [1.29, 1.82) is 0 Å². The maximum atomic E-state index is 11.2. The van der Waals surface area contributed by atoms with Gasteiger partial charge in [0.05, 0.1) is 14.2 Å². The summed E-state index contributed by atoms with van der Waals surface area (Å²) in [5.74, 6) is -1.57. The molecule has 2 aromatic rings. The number of benzene rings is 2. The maximum absolute atomic E-state index is 11.2. The molecule has 8 heteroatoms. The van der Waals surface area contributed by atoms with Gasteiger partial charge in [-0.3, -0.25) is 0 Å². The molecule has 2 rings (SSSR count). The van der Waals surface area contributed by atoms with Crippen molar-refractivity contribution in [2.75, 3.05) is 14.2 Å². The molecule has 0 aliphatic rings. The second-order valence-electron chi connectivity index (χ2n) is 4.50. The lowest BCUT2D eigenvalue weighted by Gasteiger charge is -2.09. The summed E-state index contributed by atoms with van der Waals surface area (Å²) in [6, 6.07) is 9.68. The molecule has 0 radical (unpaired) electrons. The minimum Gasteiger partial charge on any atom is -0.496 e. The Morgan fingerprint density at radius 3 is 1.46 bits per heavy atom. The highest BCUT2D eigenvalue weighted by atomic mass is 33.1. The fourth-order valence-electron chi connectivity index (χ4n) is 1.91. The van der Waals surface area contributed by atoms with Crippen LogP contribution in [0.5, 0.6) is 11.5 Å². The van der Waals surface area contributed by atoms with Crippen LogP contribution in [0.2, 0.25) is 0 Å². The largest absolute Gasteiger partial charge is 0.496 e. The van der Waals surface area contributed by atoms with E-state index in [4.69, 9.17) is 9.47 Å². The zero-order valence-electron chi connectivity index (χ0n) is 12.8. The molecule has 0 aliphatic heterocycles. The molecule has 0 spiro atoms. The van der Waals surface area contributed by atoms with Crippen LogP contribution < -0.4 is 9.47 Å². The van der Waals surface area contributed by atoms with Gasteiger partial charge in [0.2, 0.25) is 0 Å². The van der Waals surface area contributed by atoms with Crippen LogP contribution in [0.1, 0.15) is 20.7 Å². The lowest BCUT2D eigenvalue weighted by atomic mass is 10.2. The number of rotatable bonds is 7. The van der Waals surface area contributed by atoms with Crippen LogP contribution in [0.15, 0.2) is 46.2 Å². The molecule has 6 nitrogen and oxygen atoms in total. The predicted molar refractivity (Wildman–Crippen MR) is 91.6 cm³/mol. The first kappa shape index (κ1) is 18.0. The molecule has 0 fully saturated rings. The van der Waals surface area contributed by atoms with Gasteiger partial charge < -0.3 is 19.7 Å². The Kier molecular flexibility index (Phi) is 5.99. The van der Waals surface area contributed by atoms with Crippen LogP contribution in [0.25, 0.3) is 0 Å². The highest BCUT2D eigenvalue weighted by Gasteiger charge is 2.14. The van der Waals surface area contributed by atoms with Gasteiger partial charge in [-0.25, -0.2) is 9.59 Å². The molecule has 2 aromatic carbocycles. The van der Waals surface area contributed by atoms with E-state index in [1.807, 2.05) is 0 Å². The summed E-state index contributed by atoms with van der Waals surface area (Å²) in [6.07, 6.45) is 0. The summed E-state index contributed by atoms with van der Waals surface area (Å²) >= 11 is 0. The first-order chi connectivity index (χ1) is 11.5. The number of methoxy groups -OCH3 is 2. The van der Waals surface area contributed by atoms with Crippen LogP contribution in [-0.4, -0.2) is 36.4 Å². The van der Waals surface area contributed by atoms with Crippen molar-refractivity contribution in [3.63, 3.8) is 0 Å². The molecule has 0 aliphatic carbocycles. The zero-order chi connectivity index (χ0) is 17.7. The number of carbonyl (C=O) groups is 2. The molecule has 0 heterocycles. The first-order valence-corrected chi connectivity index (χ1v) is 8.78. The third kappa shape index (κ3) is 4.15. The maximum Gasteiger partial charge on any atom is 0.339 e. The number of ether oxygens (including phenoxy) is 2. The van der Waals surface area contributed by atoms with E-state index in [0.29, 0.717) is 9.79 Å². The smallest absolute Gasteiger partial charge is 0.339 e. The predicted octanol–water partition coefficient (Wildman–Crippen LogP) is 3.90. The van der Waals surface area contributed by atoms with E-state index in [0.717, 1.165) is 0 Å². The molecule has 0 aromatic heterocycles. The number of aromatic carboxylic acids is 2. The van der Waals surface area contributed by atoms with Gasteiger partial charge in [-0.15, -0.1) is 0 Å². The summed E-state index contributed by atoms with van der Waals surface area (Å²) in [5.41, 5.74) is 0.146. The van der Waals surface area contributed by atoms with Crippen LogP contribution in [0, 0.1) is 0 Å². The highest BCUT2D eigenvalue weighted by Crippen LogP contribution is 2.40. The Balaban J connectivity index is 2.19. The Morgan fingerprint density at radius 1 is 0.792 bits per heavy atom. The molecule has 0 saturated heterocycles. The van der Waals surface area contributed by atoms with Crippen molar-refractivity contribution >= 4 is 33.5 Å². The molecular weight excluding hydrogens is 352 g/mol. The van der Waals surface area contributed by atoms with Crippen LogP contribution in [-0.2, 0) is 0 Å². The molecule has 0 unspecified atom stereocenters. The number of hydrogen-bond acceptors (Lipinski definition) is 6. The number of hydrogen-bond donors (Lipinski definition) is 2. The quantitative estimate of drug-likeness (QED) is 0.713. The van der Waals surface area contributed by atoms with E-state index in [1.54, 1.807) is 24.3 Å². The molecule has 0 bridgehead atoms. The van der Waals surface area contributed by atoms with Crippen molar-refractivity contribution in [2.45, 2.75) is 9.79 Å². The minimum atomic E-state index is -1.07. The fraction of sp³-hybridized carbons (Fsp3) is 0.125. The van der Waals surface area contributed by atoms with Gasteiger partial charge in [0.25, 0.3) is 0 Å². The van der Waals surface area contributed by atoms with E-state index in [2.05, 4.69) is 0 Å². The third-order valence-electron chi connectivity index (χ3n) is 3.04. The van der Waals surface area contributed by atoms with Crippen molar-refractivity contribution < 1.29 is 29.3 Å². The second kappa shape index (κ2) is 7.98. The summed E-state index contributed by atoms with van der Waals surface area (Å²) in [7, 11) is 5.47. The zero-order valence-corrected chi connectivity index (χ0v) is 14.4. The van der Waals surface area contributed by atoms with Gasteiger partial charge in [-0.1, -0.05) is 21.6 Å². The van der Waals surface area contributed by atoms with E-state index in [-0.39, 0.29) is 22.6 Å². The topological polar surface area (TPSA) is 93.1 Å². The molecule has 0 amide bonds. The van der Waals surface area contributed by atoms with Gasteiger partial charge in [0.1, 0.15) is 22.6 Å². The summed E-state index contributed by atoms with van der Waals surface area (Å²) in [6.45, 7) is 0.